The fourth-order valence-electron chi connectivity index (χ4n) is 1.17. The highest BCUT2D eigenvalue weighted by molar-refractivity contribution is 6.32. The summed E-state index contributed by atoms with van der Waals surface area (Å²) in [6, 6.07) is 2.27. The third kappa shape index (κ3) is 2.56. The Morgan fingerprint density at radius 3 is 2.20 bits per heavy atom. The van der Waals surface area contributed by atoms with Crippen LogP contribution in [-0.2, 0) is 6.18 Å². The van der Waals surface area contributed by atoms with Crippen LogP contribution in [-0.4, -0.2) is 5.11 Å². The number of phenols is 1. The molecule has 0 unspecified atom stereocenters. The van der Waals surface area contributed by atoms with Crippen LogP contribution in [0.4, 0.5) is 13.2 Å². The average Bonchev–Trinajstić information content (AvgIpc) is 2.06. The van der Waals surface area contributed by atoms with Gasteiger partial charge in [-0.3, -0.25) is 0 Å². The maximum atomic E-state index is 12.5. The van der Waals surface area contributed by atoms with Crippen molar-refractivity contribution in [2.75, 3.05) is 0 Å². The minimum absolute atomic E-state index is 0.0794. The van der Waals surface area contributed by atoms with Crippen molar-refractivity contribution in [1.82, 2.24) is 0 Å². The van der Waals surface area contributed by atoms with Crippen LogP contribution in [0, 0.1) is 0 Å². The molecule has 0 aromatic heterocycles. The van der Waals surface area contributed by atoms with E-state index >= 15 is 0 Å². The summed E-state index contributed by atoms with van der Waals surface area (Å²) in [6.07, 6.45) is -4.58. The summed E-state index contributed by atoms with van der Waals surface area (Å²) in [5, 5.41) is 8.92. The van der Waals surface area contributed by atoms with Gasteiger partial charge in [0.15, 0.2) is 0 Å². The lowest BCUT2D eigenvalue weighted by molar-refractivity contribution is -0.138. The zero-order chi connectivity index (χ0) is 11.8. The molecule has 1 N–H and O–H groups in total. The number of halogens is 4. The van der Waals surface area contributed by atoms with Crippen LogP contribution >= 0.6 is 11.6 Å². The van der Waals surface area contributed by atoms with Crippen molar-refractivity contribution >= 4 is 11.6 Å². The van der Waals surface area contributed by atoms with Gasteiger partial charge in [0, 0.05) is 0 Å². The molecule has 1 aromatic carbocycles. The Balaban J connectivity index is 3.38. The van der Waals surface area contributed by atoms with Crippen LogP contribution < -0.4 is 0 Å². The Morgan fingerprint density at radius 1 is 1.27 bits per heavy atom. The first kappa shape index (κ1) is 12.2. The summed E-state index contributed by atoms with van der Waals surface area (Å²) < 4.78 is 37.4. The molecule has 0 heterocycles. The first-order valence-electron chi connectivity index (χ1n) is 4.33. The Morgan fingerprint density at radius 2 is 1.80 bits per heavy atom. The lowest BCUT2D eigenvalue weighted by Crippen LogP contribution is -2.06. The van der Waals surface area contributed by atoms with E-state index in [0.29, 0.717) is 5.56 Å². The minimum atomic E-state index is -4.58. The first-order valence-corrected chi connectivity index (χ1v) is 4.71. The molecule has 0 fully saturated rings. The summed E-state index contributed by atoms with van der Waals surface area (Å²) in [7, 11) is 0. The van der Waals surface area contributed by atoms with Gasteiger partial charge in [-0.15, -0.1) is 0 Å². The molecular weight excluding hydrogens is 229 g/mol. The van der Waals surface area contributed by atoms with E-state index in [-0.39, 0.29) is 10.9 Å². The van der Waals surface area contributed by atoms with E-state index in [2.05, 4.69) is 0 Å². The topological polar surface area (TPSA) is 20.2 Å². The van der Waals surface area contributed by atoms with Gasteiger partial charge in [0.25, 0.3) is 0 Å². The smallest absolute Gasteiger partial charge is 0.420 e. The number of alkyl halides is 3. The second-order valence-electron chi connectivity index (χ2n) is 3.55. The van der Waals surface area contributed by atoms with Crippen molar-refractivity contribution in [2.45, 2.75) is 25.9 Å². The predicted molar refractivity (Wildman–Crippen MR) is 52.2 cm³/mol. The Kier molecular flexibility index (Phi) is 3.19. The maximum absolute atomic E-state index is 12.5. The van der Waals surface area contributed by atoms with Gasteiger partial charge >= 0.3 is 6.18 Å². The standard InChI is InChI=1S/C10H10ClF3O/c1-5(2)6-3-7(10(12,13)14)9(15)8(11)4-6/h3-5,15H,1-2H3. The second kappa shape index (κ2) is 3.93. The van der Waals surface area contributed by atoms with Gasteiger partial charge in [0.2, 0.25) is 0 Å². The number of phenolic OH excluding ortho intramolecular Hbond substituents is 1. The fourth-order valence-corrected chi connectivity index (χ4v) is 1.40. The SMILES string of the molecule is CC(C)c1cc(Cl)c(O)c(C(F)(F)F)c1. The van der Waals surface area contributed by atoms with E-state index in [1.165, 1.54) is 6.07 Å². The van der Waals surface area contributed by atoms with Crippen molar-refractivity contribution < 1.29 is 18.3 Å². The molecule has 5 heteroatoms. The summed E-state index contributed by atoms with van der Waals surface area (Å²) in [6.45, 7) is 3.51. The number of rotatable bonds is 1. The van der Waals surface area contributed by atoms with Gasteiger partial charge in [0.05, 0.1) is 10.6 Å². The molecule has 1 nitrogen and oxygen atoms in total. The zero-order valence-electron chi connectivity index (χ0n) is 8.19. The number of aromatic hydroxyl groups is 1. The second-order valence-corrected chi connectivity index (χ2v) is 3.96. The van der Waals surface area contributed by atoms with Gasteiger partial charge in [-0.1, -0.05) is 25.4 Å². The first-order chi connectivity index (χ1) is 6.73. The minimum Gasteiger partial charge on any atom is -0.506 e. The number of benzene rings is 1. The quantitative estimate of drug-likeness (QED) is 0.778. The van der Waals surface area contributed by atoms with Crippen LogP contribution in [0.5, 0.6) is 5.75 Å². The average molecular weight is 239 g/mol. The van der Waals surface area contributed by atoms with Gasteiger partial charge in [0.1, 0.15) is 5.75 Å². The molecule has 0 saturated carbocycles. The van der Waals surface area contributed by atoms with E-state index in [0.717, 1.165) is 6.07 Å². The molecule has 1 rings (SSSR count). The Bertz CT molecular complexity index is 372. The van der Waals surface area contributed by atoms with Crippen molar-refractivity contribution in [3.8, 4) is 5.75 Å². The van der Waals surface area contributed by atoms with Crippen LogP contribution in [0.1, 0.15) is 30.9 Å². The summed E-state index contributed by atoms with van der Waals surface area (Å²) in [4.78, 5) is 0. The molecule has 0 atom stereocenters. The van der Waals surface area contributed by atoms with Crippen LogP contribution in [0.25, 0.3) is 0 Å². The highest BCUT2D eigenvalue weighted by atomic mass is 35.5. The molecule has 84 valence electrons. The van der Waals surface area contributed by atoms with E-state index in [9.17, 15) is 18.3 Å². The molecule has 0 aliphatic rings. The van der Waals surface area contributed by atoms with Gasteiger partial charge < -0.3 is 5.11 Å². The third-order valence-electron chi connectivity index (χ3n) is 2.06. The molecule has 1 aromatic rings. The van der Waals surface area contributed by atoms with E-state index in [4.69, 9.17) is 11.6 Å². The highest BCUT2D eigenvalue weighted by Crippen LogP contribution is 2.41. The molecule has 0 radical (unpaired) electrons. The maximum Gasteiger partial charge on any atom is 0.420 e. The molecule has 0 aliphatic heterocycles. The Hall–Kier alpha value is -0.900. The summed E-state index contributed by atoms with van der Waals surface area (Å²) in [5.41, 5.74) is -0.635. The zero-order valence-corrected chi connectivity index (χ0v) is 8.95. The largest absolute Gasteiger partial charge is 0.506 e. The predicted octanol–water partition coefficient (Wildman–Crippen LogP) is 4.19. The van der Waals surface area contributed by atoms with Gasteiger partial charge in [-0.25, -0.2) is 0 Å². The molecule has 0 amide bonds. The monoisotopic (exact) mass is 238 g/mol. The number of hydrogen-bond acceptors (Lipinski definition) is 1. The van der Waals surface area contributed by atoms with Gasteiger partial charge in [-0.2, -0.15) is 13.2 Å². The molecule has 15 heavy (non-hydrogen) atoms. The lowest BCUT2D eigenvalue weighted by atomic mass is 10.00. The van der Waals surface area contributed by atoms with Crippen molar-refractivity contribution in [2.24, 2.45) is 0 Å². The third-order valence-corrected chi connectivity index (χ3v) is 2.35. The van der Waals surface area contributed by atoms with Gasteiger partial charge in [-0.05, 0) is 23.6 Å². The lowest BCUT2D eigenvalue weighted by Gasteiger charge is -2.14. The molecule has 0 bridgehead atoms. The summed E-state index contributed by atoms with van der Waals surface area (Å²) in [5.74, 6) is -0.988. The fraction of sp³-hybridized carbons (Fsp3) is 0.400. The van der Waals surface area contributed by atoms with Crippen molar-refractivity contribution in [3.63, 3.8) is 0 Å². The van der Waals surface area contributed by atoms with Crippen LogP contribution in [0.2, 0.25) is 5.02 Å². The normalized spacial score (nSPS) is 12.2. The van der Waals surface area contributed by atoms with E-state index in [1.54, 1.807) is 13.8 Å². The summed E-state index contributed by atoms with van der Waals surface area (Å²) >= 11 is 5.52. The van der Waals surface area contributed by atoms with Crippen LogP contribution in [0.3, 0.4) is 0 Å². The molecule has 0 saturated heterocycles. The van der Waals surface area contributed by atoms with Crippen molar-refractivity contribution in [1.29, 1.82) is 0 Å². The molecule has 0 spiro atoms. The highest BCUT2D eigenvalue weighted by Gasteiger charge is 2.35. The number of hydrogen-bond donors (Lipinski definition) is 1. The van der Waals surface area contributed by atoms with E-state index < -0.39 is 17.5 Å². The van der Waals surface area contributed by atoms with Crippen molar-refractivity contribution in [3.05, 3.63) is 28.3 Å². The van der Waals surface area contributed by atoms with Crippen LogP contribution in [0.15, 0.2) is 12.1 Å². The molecular formula is C10H10ClF3O. The molecule has 0 aliphatic carbocycles. The Labute approximate surface area is 90.5 Å². The van der Waals surface area contributed by atoms with E-state index in [1.807, 2.05) is 0 Å².